The lowest BCUT2D eigenvalue weighted by Gasteiger charge is -2.07. The Labute approximate surface area is 129 Å². The average molecular weight is 300 g/mol. The summed E-state index contributed by atoms with van der Waals surface area (Å²) < 4.78 is 0. The van der Waals surface area contributed by atoms with Crippen molar-refractivity contribution in [2.24, 2.45) is 5.92 Å². The van der Waals surface area contributed by atoms with Gasteiger partial charge in [-0.05, 0) is 29.4 Å². The number of amides is 1. The molecule has 3 nitrogen and oxygen atoms in total. The molecule has 0 aliphatic heterocycles. The quantitative estimate of drug-likeness (QED) is 0.915. The first-order valence-electron chi connectivity index (χ1n) is 7.41. The molecule has 1 aliphatic rings. The van der Waals surface area contributed by atoms with Gasteiger partial charge in [0.1, 0.15) is 5.01 Å². The van der Waals surface area contributed by atoms with Gasteiger partial charge in [0.15, 0.2) is 0 Å². The summed E-state index contributed by atoms with van der Waals surface area (Å²) in [4.78, 5) is 16.3. The predicted octanol–water partition coefficient (Wildman–Crippen LogP) is 3.69. The van der Waals surface area contributed by atoms with Crippen LogP contribution in [0.3, 0.4) is 0 Å². The molecular formula is C17H20N2OS. The largest absolute Gasteiger partial charge is 0.349 e. The molecule has 21 heavy (non-hydrogen) atoms. The van der Waals surface area contributed by atoms with Gasteiger partial charge >= 0.3 is 0 Å². The van der Waals surface area contributed by atoms with E-state index in [-0.39, 0.29) is 11.8 Å². The number of carbonyl (C=O) groups is 1. The van der Waals surface area contributed by atoms with Crippen molar-refractivity contribution in [2.75, 3.05) is 0 Å². The normalized spacial score (nSPS) is 20.5. The SMILES string of the molecule is CC(C)c1ccc([C@@H]2C[C@H]2C(=O)NCc2nccs2)cc1. The number of hydrogen-bond acceptors (Lipinski definition) is 3. The first-order chi connectivity index (χ1) is 10.1. The lowest BCUT2D eigenvalue weighted by atomic mass is 10.00. The van der Waals surface area contributed by atoms with Gasteiger partial charge in [-0.25, -0.2) is 4.98 Å². The Morgan fingerprint density at radius 2 is 2.14 bits per heavy atom. The monoisotopic (exact) mass is 300 g/mol. The van der Waals surface area contributed by atoms with Gasteiger partial charge in [-0.3, -0.25) is 4.79 Å². The van der Waals surface area contributed by atoms with Gasteiger partial charge in [0, 0.05) is 17.5 Å². The minimum absolute atomic E-state index is 0.134. The zero-order valence-electron chi connectivity index (χ0n) is 12.4. The lowest BCUT2D eigenvalue weighted by molar-refractivity contribution is -0.122. The van der Waals surface area contributed by atoms with Crippen LogP contribution < -0.4 is 5.32 Å². The van der Waals surface area contributed by atoms with E-state index in [1.54, 1.807) is 17.5 Å². The molecule has 1 aliphatic carbocycles. The highest BCUT2D eigenvalue weighted by molar-refractivity contribution is 7.09. The van der Waals surface area contributed by atoms with Gasteiger partial charge < -0.3 is 5.32 Å². The Morgan fingerprint density at radius 3 is 2.76 bits per heavy atom. The van der Waals surface area contributed by atoms with Crippen LogP contribution >= 0.6 is 11.3 Å². The predicted molar refractivity (Wildman–Crippen MR) is 85.3 cm³/mol. The number of rotatable bonds is 5. The highest BCUT2D eigenvalue weighted by atomic mass is 32.1. The molecule has 3 rings (SSSR count). The Morgan fingerprint density at radius 1 is 1.38 bits per heavy atom. The maximum Gasteiger partial charge on any atom is 0.224 e. The summed E-state index contributed by atoms with van der Waals surface area (Å²) in [6, 6.07) is 8.72. The minimum atomic E-state index is 0.134. The number of carbonyl (C=O) groups excluding carboxylic acids is 1. The molecule has 0 spiro atoms. The molecule has 1 heterocycles. The summed E-state index contributed by atoms with van der Waals surface area (Å²) in [6.07, 6.45) is 2.73. The third kappa shape index (κ3) is 3.32. The highest BCUT2D eigenvalue weighted by Gasteiger charge is 2.43. The molecule has 0 bridgehead atoms. The zero-order valence-corrected chi connectivity index (χ0v) is 13.2. The fourth-order valence-corrected chi connectivity index (χ4v) is 3.17. The van der Waals surface area contributed by atoms with Crippen molar-refractivity contribution < 1.29 is 4.79 Å². The first-order valence-corrected chi connectivity index (χ1v) is 8.29. The van der Waals surface area contributed by atoms with Crippen LogP contribution in [0.2, 0.25) is 0 Å². The number of aromatic nitrogens is 1. The maximum atomic E-state index is 12.1. The first kappa shape index (κ1) is 14.3. The van der Waals surface area contributed by atoms with Crippen molar-refractivity contribution in [1.29, 1.82) is 0 Å². The number of thiazole rings is 1. The van der Waals surface area contributed by atoms with Crippen LogP contribution in [0.15, 0.2) is 35.8 Å². The molecule has 1 amide bonds. The van der Waals surface area contributed by atoms with E-state index in [0.717, 1.165) is 11.4 Å². The standard InChI is InChI=1S/C17H20N2OS/c1-11(2)12-3-5-13(6-4-12)14-9-15(14)17(20)19-10-16-18-7-8-21-16/h3-8,11,14-15H,9-10H2,1-2H3,(H,19,20)/t14-,15+/m0/s1. The van der Waals surface area contributed by atoms with Crippen molar-refractivity contribution in [3.05, 3.63) is 52.0 Å². The number of hydrogen-bond donors (Lipinski definition) is 1. The molecule has 1 N–H and O–H groups in total. The smallest absolute Gasteiger partial charge is 0.224 e. The summed E-state index contributed by atoms with van der Waals surface area (Å²) >= 11 is 1.57. The van der Waals surface area contributed by atoms with E-state index in [4.69, 9.17) is 0 Å². The van der Waals surface area contributed by atoms with E-state index >= 15 is 0 Å². The topological polar surface area (TPSA) is 42.0 Å². The Hall–Kier alpha value is -1.68. The van der Waals surface area contributed by atoms with E-state index in [2.05, 4.69) is 48.4 Å². The van der Waals surface area contributed by atoms with Gasteiger partial charge in [-0.1, -0.05) is 38.1 Å². The van der Waals surface area contributed by atoms with Crippen molar-refractivity contribution >= 4 is 17.2 Å². The third-order valence-corrected chi connectivity index (χ3v) is 4.84. The molecule has 0 saturated heterocycles. The molecule has 1 aromatic carbocycles. The number of nitrogens with zero attached hydrogens (tertiary/aromatic N) is 1. The van der Waals surface area contributed by atoms with Gasteiger partial charge in [-0.2, -0.15) is 0 Å². The maximum absolute atomic E-state index is 12.1. The van der Waals surface area contributed by atoms with Crippen molar-refractivity contribution in [2.45, 2.75) is 38.6 Å². The summed E-state index contributed by atoms with van der Waals surface area (Å²) in [7, 11) is 0. The van der Waals surface area contributed by atoms with Crippen LogP contribution in [0.5, 0.6) is 0 Å². The summed E-state index contributed by atoms with van der Waals surface area (Å²) in [6.45, 7) is 4.94. The zero-order chi connectivity index (χ0) is 14.8. The number of nitrogens with one attached hydrogen (secondary N) is 1. The second-order valence-corrected chi connectivity index (χ2v) is 6.89. The average Bonchev–Trinajstić information content (AvgIpc) is 3.12. The van der Waals surface area contributed by atoms with Crippen LogP contribution in [0.4, 0.5) is 0 Å². The molecule has 110 valence electrons. The molecule has 1 fully saturated rings. The van der Waals surface area contributed by atoms with E-state index in [1.165, 1.54) is 11.1 Å². The van der Waals surface area contributed by atoms with Gasteiger partial charge in [0.05, 0.1) is 6.54 Å². The van der Waals surface area contributed by atoms with Crippen LogP contribution in [-0.4, -0.2) is 10.9 Å². The third-order valence-electron chi connectivity index (χ3n) is 4.06. The van der Waals surface area contributed by atoms with Gasteiger partial charge in [-0.15, -0.1) is 11.3 Å². The highest BCUT2D eigenvalue weighted by Crippen LogP contribution is 2.47. The number of benzene rings is 1. The summed E-state index contributed by atoms with van der Waals surface area (Å²) in [5, 5.41) is 5.87. The van der Waals surface area contributed by atoms with E-state index in [1.807, 2.05) is 5.38 Å². The van der Waals surface area contributed by atoms with Crippen molar-refractivity contribution in [3.63, 3.8) is 0 Å². The second-order valence-electron chi connectivity index (χ2n) is 5.91. The Kier molecular flexibility index (Phi) is 4.06. The molecular weight excluding hydrogens is 280 g/mol. The van der Waals surface area contributed by atoms with Crippen LogP contribution in [0.25, 0.3) is 0 Å². The summed E-state index contributed by atoms with van der Waals surface area (Å²) in [5.41, 5.74) is 2.64. The van der Waals surface area contributed by atoms with Crippen LogP contribution in [0, 0.1) is 5.92 Å². The van der Waals surface area contributed by atoms with Gasteiger partial charge in [0.25, 0.3) is 0 Å². The second kappa shape index (κ2) is 5.98. The molecule has 2 atom stereocenters. The van der Waals surface area contributed by atoms with Crippen LogP contribution in [0.1, 0.15) is 48.2 Å². The fraction of sp³-hybridized carbons (Fsp3) is 0.412. The van der Waals surface area contributed by atoms with Crippen molar-refractivity contribution in [1.82, 2.24) is 10.3 Å². The molecule has 0 radical (unpaired) electrons. The minimum Gasteiger partial charge on any atom is -0.349 e. The van der Waals surface area contributed by atoms with E-state index in [0.29, 0.717) is 18.4 Å². The van der Waals surface area contributed by atoms with Crippen LogP contribution in [-0.2, 0) is 11.3 Å². The van der Waals surface area contributed by atoms with E-state index in [9.17, 15) is 4.79 Å². The molecule has 0 unspecified atom stereocenters. The fourth-order valence-electron chi connectivity index (χ4n) is 2.62. The van der Waals surface area contributed by atoms with Crippen molar-refractivity contribution in [3.8, 4) is 0 Å². The molecule has 4 heteroatoms. The molecule has 2 aromatic rings. The van der Waals surface area contributed by atoms with E-state index < -0.39 is 0 Å². The summed E-state index contributed by atoms with van der Waals surface area (Å²) in [5.74, 6) is 1.23. The Balaban J connectivity index is 1.54. The molecule has 1 saturated carbocycles. The molecule has 1 aromatic heterocycles. The Bertz CT molecular complexity index is 604. The van der Waals surface area contributed by atoms with Gasteiger partial charge in [0.2, 0.25) is 5.91 Å². The lowest BCUT2D eigenvalue weighted by Crippen LogP contribution is -2.24.